The SMILES string of the molecule is O=S1(=O)[C@@H]2[C@@H](ON(c3ccccc3)[C@H]2c2ccccc2)[C@@H]2ON(c3ccccc3)[C@@H](c3ccccc3)[C@@H]21. The van der Waals surface area contributed by atoms with Crippen molar-refractivity contribution in [3.05, 3.63) is 132 Å². The van der Waals surface area contributed by atoms with Gasteiger partial charge in [-0.1, -0.05) is 97.1 Å². The van der Waals surface area contributed by atoms with Gasteiger partial charge < -0.3 is 0 Å². The van der Waals surface area contributed by atoms with E-state index in [1.165, 1.54) is 0 Å². The van der Waals surface area contributed by atoms with Crippen molar-refractivity contribution in [1.29, 1.82) is 0 Å². The summed E-state index contributed by atoms with van der Waals surface area (Å²) >= 11 is 0. The normalized spacial score (nSPS) is 29.7. The number of rotatable bonds is 4. The van der Waals surface area contributed by atoms with Gasteiger partial charge in [-0.25, -0.2) is 18.5 Å². The molecule has 0 radical (unpaired) electrons. The topological polar surface area (TPSA) is 59.1 Å². The predicted molar refractivity (Wildman–Crippen MR) is 142 cm³/mol. The van der Waals surface area contributed by atoms with Gasteiger partial charge in [0, 0.05) is 0 Å². The number of nitrogens with zero attached hydrogens (tertiary/aromatic N) is 2. The molecule has 0 amide bonds. The molecule has 0 aliphatic carbocycles. The van der Waals surface area contributed by atoms with Gasteiger partial charge in [0.25, 0.3) is 0 Å². The van der Waals surface area contributed by atoms with Gasteiger partial charge in [-0.3, -0.25) is 9.68 Å². The van der Waals surface area contributed by atoms with Crippen molar-refractivity contribution in [2.24, 2.45) is 0 Å². The highest BCUT2D eigenvalue weighted by molar-refractivity contribution is 7.93. The highest BCUT2D eigenvalue weighted by Crippen LogP contribution is 2.56. The Bertz CT molecular complexity index is 1380. The fourth-order valence-electron chi connectivity index (χ4n) is 6.09. The lowest BCUT2D eigenvalue weighted by Gasteiger charge is -2.30. The summed E-state index contributed by atoms with van der Waals surface area (Å²) in [6, 6.07) is 37.9. The number of sulfone groups is 1. The number of benzene rings is 4. The van der Waals surface area contributed by atoms with E-state index in [2.05, 4.69) is 0 Å². The first-order valence-corrected chi connectivity index (χ1v) is 14.1. The third-order valence-corrected chi connectivity index (χ3v) is 10.2. The number of anilines is 2. The van der Waals surface area contributed by atoms with Crippen molar-refractivity contribution in [2.75, 3.05) is 10.1 Å². The predicted octanol–water partition coefficient (Wildman–Crippen LogP) is 5.28. The Morgan fingerprint density at radius 3 is 1.16 bits per heavy atom. The van der Waals surface area contributed by atoms with Gasteiger partial charge in [0.15, 0.2) is 9.84 Å². The summed E-state index contributed by atoms with van der Waals surface area (Å²) in [7, 11) is -3.71. The number of para-hydroxylation sites is 2. The van der Waals surface area contributed by atoms with E-state index in [1.54, 1.807) is 10.1 Å². The summed E-state index contributed by atoms with van der Waals surface area (Å²) < 4.78 is 29.1. The summed E-state index contributed by atoms with van der Waals surface area (Å²) in [6.45, 7) is 0. The van der Waals surface area contributed by atoms with E-state index in [1.807, 2.05) is 121 Å². The zero-order chi connectivity index (χ0) is 25.0. The molecule has 7 rings (SSSR count). The number of hydrogen-bond donors (Lipinski definition) is 0. The standard InChI is InChI=1S/C30H26N2O4S/c33-37(34)29-25(21-13-5-1-6-14-21)31(23-17-9-3-10-18-23)35-27(29)28-30(37)26(22-15-7-2-8-16-22)32(36-28)24-19-11-4-12-20-24/h1-20,25-30H/t25-,26-,27-,28-,29-,30-/m0/s1. The largest absolute Gasteiger partial charge is 0.265 e. The first kappa shape index (κ1) is 22.5. The molecule has 4 aromatic rings. The van der Waals surface area contributed by atoms with Gasteiger partial charge in [0.1, 0.15) is 34.8 Å². The van der Waals surface area contributed by atoms with Crippen molar-refractivity contribution >= 4 is 21.2 Å². The minimum Gasteiger partial charge on any atom is -0.265 e. The molecule has 0 unspecified atom stereocenters. The molecule has 0 bridgehead atoms. The van der Waals surface area contributed by atoms with Crippen LogP contribution in [0.2, 0.25) is 0 Å². The molecule has 3 heterocycles. The molecule has 3 aliphatic heterocycles. The molecule has 0 aromatic heterocycles. The quantitative estimate of drug-likeness (QED) is 0.373. The first-order valence-electron chi connectivity index (χ1n) is 12.5. The van der Waals surface area contributed by atoms with Crippen molar-refractivity contribution in [3.63, 3.8) is 0 Å². The number of hydrogen-bond acceptors (Lipinski definition) is 6. The molecule has 3 aliphatic rings. The summed E-state index contributed by atoms with van der Waals surface area (Å²) in [5.74, 6) is 0. The summed E-state index contributed by atoms with van der Waals surface area (Å²) in [5, 5.41) is 2.00. The van der Waals surface area contributed by atoms with E-state index in [4.69, 9.17) is 9.68 Å². The molecule has 0 N–H and O–H groups in total. The Kier molecular flexibility index (Phi) is 5.32. The Hall–Kier alpha value is -3.65. The van der Waals surface area contributed by atoms with Crippen LogP contribution in [0.25, 0.3) is 0 Å². The Morgan fingerprint density at radius 2 is 0.811 bits per heavy atom. The molecule has 0 saturated carbocycles. The average molecular weight is 511 g/mol. The van der Waals surface area contributed by atoms with E-state index in [0.717, 1.165) is 22.5 Å². The molecular formula is C30H26N2O4S. The minimum atomic E-state index is -3.71. The monoisotopic (exact) mass is 510 g/mol. The molecule has 7 heteroatoms. The average Bonchev–Trinajstić information content (AvgIpc) is 3.61. The van der Waals surface area contributed by atoms with E-state index >= 15 is 0 Å². The van der Waals surface area contributed by atoms with Crippen LogP contribution in [-0.4, -0.2) is 31.1 Å². The maximum absolute atomic E-state index is 14.6. The third-order valence-electron chi connectivity index (χ3n) is 7.63. The second-order valence-corrected chi connectivity index (χ2v) is 12.0. The van der Waals surface area contributed by atoms with E-state index in [9.17, 15) is 8.42 Å². The summed E-state index contributed by atoms with van der Waals surface area (Å²) in [5.41, 5.74) is 3.43. The maximum Gasteiger partial charge on any atom is 0.166 e. The Morgan fingerprint density at radius 1 is 0.486 bits per heavy atom. The van der Waals surface area contributed by atoms with Gasteiger partial charge in [-0.2, -0.15) is 0 Å². The summed E-state index contributed by atoms with van der Waals surface area (Å²) in [4.78, 5) is 13.1. The second-order valence-electron chi connectivity index (χ2n) is 9.69. The lowest BCUT2D eigenvalue weighted by Crippen LogP contribution is -2.38. The minimum absolute atomic E-state index is 0.491. The van der Waals surface area contributed by atoms with Gasteiger partial charge in [-0.05, 0) is 35.4 Å². The number of fused-ring (bicyclic) bond motifs is 3. The maximum atomic E-state index is 14.6. The van der Waals surface area contributed by atoms with Crippen LogP contribution < -0.4 is 10.1 Å². The van der Waals surface area contributed by atoms with Crippen LogP contribution in [0, 0.1) is 0 Å². The van der Waals surface area contributed by atoms with Gasteiger partial charge in [0.05, 0.1) is 11.4 Å². The van der Waals surface area contributed by atoms with Crippen LogP contribution in [0.1, 0.15) is 23.2 Å². The highest BCUT2D eigenvalue weighted by Gasteiger charge is 2.70. The fraction of sp³-hybridized carbons (Fsp3) is 0.200. The van der Waals surface area contributed by atoms with E-state index < -0.39 is 44.6 Å². The molecule has 0 spiro atoms. The molecule has 6 nitrogen and oxygen atoms in total. The van der Waals surface area contributed by atoms with Gasteiger partial charge in [0.2, 0.25) is 0 Å². The molecule has 186 valence electrons. The van der Waals surface area contributed by atoms with Crippen molar-refractivity contribution in [1.82, 2.24) is 0 Å². The molecule has 37 heavy (non-hydrogen) atoms. The Labute approximate surface area is 216 Å². The van der Waals surface area contributed by atoms with Crippen LogP contribution in [0.5, 0.6) is 0 Å². The van der Waals surface area contributed by atoms with Crippen molar-refractivity contribution in [3.8, 4) is 0 Å². The zero-order valence-electron chi connectivity index (χ0n) is 19.9. The zero-order valence-corrected chi connectivity index (χ0v) is 20.8. The van der Waals surface area contributed by atoms with E-state index in [-0.39, 0.29) is 0 Å². The first-order chi connectivity index (χ1) is 18.1. The van der Waals surface area contributed by atoms with Gasteiger partial charge in [-0.15, -0.1) is 0 Å². The molecule has 3 fully saturated rings. The molecular weight excluding hydrogens is 484 g/mol. The third kappa shape index (κ3) is 3.49. The van der Waals surface area contributed by atoms with Gasteiger partial charge >= 0.3 is 0 Å². The fourth-order valence-corrected chi connectivity index (χ4v) is 8.87. The molecule has 6 atom stereocenters. The van der Waals surface area contributed by atoms with Crippen LogP contribution in [0.4, 0.5) is 11.4 Å². The lowest BCUT2D eigenvalue weighted by molar-refractivity contribution is -0.0289. The van der Waals surface area contributed by atoms with Crippen LogP contribution in [-0.2, 0) is 19.5 Å². The van der Waals surface area contributed by atoms with E-state index in [0.29, 0.717) is 0 Å². The van der Waals surface area contributed by atoms with Crippen LogP contribution in [0.15, 0.2) is 121 Å². The molecule has 4 aromatic carbocycles. The highest BCUT2D eigenvalue weighted by atomic mass is 32.2. The summed E-state index contributed by atoms with van der Waals surface area (Å²) in [6.07, 6.45) is -1.30. The Balaban J connectivity index is 1.37. The van der Waals surface area contributed by atoms with Crippen molar-refractivity contribution < 1.29 is 18.1 Å². The second kappa shape index (κ2) is 8.73. The van der Waals surface area contributed by atoms with Crippen molar-refractivity contribution in [2.45, 2.75) is 34.8 Å². The number of hydroxylamine groups is 2. The lowest BCUT2D eigenvalue weighted by atomic mass is 9.94. The molecule has 3 saturated heterocycles. The van der Waals surface area contributed by atoms with Crippen LogP contribution >= 0.6 is 0 Å². The van der Waals surface area contributed by atoms with Crippen LogP contribution in [0.3, 0.4) is 0 Å². The smallest absolute Gasteiger partial charge is 0.166 e.